The summed E-state index contributed by atoms with van der Waals surface area (Å²) in [7, 11) is 0. The van der Waals surface area contributed by atoms with Crippen molar-refractivity contribution in [2.24, 2.45) is 0 Å². The number of benzene rings is 1. The van der Waals surface area contributed by atoms with Crippen LogP contribution in [0.5, 0.6) is 0 Å². The number of hydrogen-bond donors (Lipinski definition) is 0. The van der Waals surface area contributed by atoms with Crippen molar-refractivity contribution in [2.75, 3.05) is 0 Å². The number of nitrogens with zero attached hydrogens (tertiary/aromatic N) is 3. The van der Waals surface area contributed by atoms with Crippen LogP contribution in [0, 0.1) is 0 Å². The largest absolute Gasteiger partial charge is 0.283 e. The summed E-state index contributed by atoms with van der Waals surface area (Å²) in [6.45, 7) is 0. The van der Waals surface area contributed by atoms with E-state index < -0.39 is 0 Å². The van der Waals surface area contributed by atoms with E-state index in [2.05, 4.69) is 25.9 Å². The van der Waals surface area contributed by atoms with Crippen molar-refractivity contribution < 1.29 is 0 Å². The third-order valence-corrected chi connectivity index (χ3v) is 2.89. The minimum Gasteiger partial charge on any atom is -0.283 e. The third kappa shape index (κ3) is 1.51. The van der Waals surface area contributed by atoms with E-state index in [1.165, 1.54) is 0 Å². The fourth-order valence-electron chi connectivity index (χ4n) is 1.66. The molecular formula is C12H8BrN3. The molecule has 3 nitrogen and oxygen atoms in total. The summed E-state index contributed by atoms with van der Waals surface area (Å²) in [5.41, 5.74) is 2.83. The van der Waals surface area contributed by atoms with Gasteiger partial charge in [0.05, 0.1) is 0 Å². The first-order valence-electron chi connectivity index (χ1n) is 4.88. The van der Waals surface area contributed by atoms with E-state index in [0.717, 1.165) is 21.3 Å². The van der Waals surface area contributed by atoms with Gasteiger partial charge in [0.1, 0.15) is 11.8 Å². The standard InChI is InChI=1S/C12H8BrN3/c13-9-3-1-4-10(7-9)16-8-15-11-5-2-6-14-12(11)16/h1-8H. The van der Waals surface area contributed by atoms with Gasteiger partial charge in [0.15, 0.2) is 5.65 Å². The first-order chi connectivity index (χ1) is 7.84. The Morgan fingerprint density at radius 1 is 1.06 bits per heavy atom. The molecule has 16 heavy (non-hydrogen) atoms. The molecule has 0 saturated heterocycles. The van der Waals surface area contributed by atoms with Gasteiger partial charge in [0.2, 0.25) is 0 Å². The monoisotopic (exact) mass is 273 g/mol. The summed E-state index contributed by atoms with van der Waals surface area (Å²) in [5.74, 6) is 0. The Kier molecular flexibility index (Phi) is 2.22. The molecule has 0 bridgehead atoms. The van der Waals surface area contributed by atoms with Crippen LogP contribution < -0.4 is 0 Å². The van der Waals surface area contributed by atoms with Crippen LogP contribution in [0.25, 0.3) is 16.9 Å². The summed E-state index contributed by atoms with van der Waals surface area (Å²) in [4.78, 5) is 8.64. The molecule has 0 aliphatic heterocycles. The number of pyridine rings is 1. The molecule has 0 fully saturated rings. The third-order valence-electron chi connectivity index (χ3n) is 2.39. The molecule has 0 N–H and O–H groups in total. The number of halogens is 1. The average molecular weight is 274 g/mol. The molecule has 0 amide bonds. The Morgan fingerprint density at radius 2 is 2.00 bits per heavy atom. The van der Waals surface area contributed by atoms with Gasteiger partial charge in [0, 0.05) is 16.4 Å². The highest BCUT2D eigenvalue weighted by atomic mass is 79.9. The number of aromatic nitrogens is 3. The molecule has 0 radical (unpaired) electrons. The van der Waals surface area contributed by atoms with Crippen molar-refractivity contribution in [3.05, 3.63) is 53.4 Å². The molecular weight excluding hydrogens is 266 g/mol. The van der Waals surface area contributed by atoms with Gasteiger partial charge in [0.25, 0.3) is 0 Å². The summed E-state index contributed by atoms with van der Waals surface area (Å²) in [6.07, 6.45) is 3.57. The zero-order chi connectivity index (χ0) is 11.0. The van der Waals surface area contributed by atoms with Gasteiger partial charge in [-0.1, -0.05) is 22.0 Å². The number of fused-ring (bicyclic) bond motifs is 1. The van der Waals surface area contributed by atoms with Crippen molar-refractivity contribution in [1.29, 1.82) is 0 Å². The number of hydrogen-bond acceptors (Lipinski definition) is 2. The number of imidazole rings is 1. The predicted molar refractivity (Wildman–Crippen MR) is 66.6 cm³/mol. The lowest BCUT2D eigenvalue weighted by molar-refractivity contribution is 1.07. The molecule has 2 aromatic heterocycles. The highest BCUT2D eigenvalue weighted by Crippen LogP contribution is 2.19. The van der Waals surface area contributed by atoms with E-state index in [1.54, 1.807) is 12.5 Å². The molecule has 0 unspecified atom stereocenters. The fraction of sp³-hybridized carbons (Fsp3) is 0. The van der Waals surface area contributed by atoms with E-state index in [4.69, 9.17) is 0 Å². The SMILES string of the molecule is Brc1cccc(-n2cnc3cccnc32)c1. The van der Waals surface area contributed by atoms with Crippen molar-refractivity contribution in [3.8, 4) is 5.69 Å². The molecule has 0 aliphatic rings. The quantitative estimate of drug-likeness (QED) is 0.682. The smallest absolute Gasteiger partial charge is 0.164 e. The molecule has 4 heteroatoms. The summed E-state index contributed by atoms with van der Waals surface area (Å²) in [5, 5.41) is 0. The second-order valence-electron chi connectivity index (χ2n) is 3.44. The van der Waals surface area contributed by atoms with Crippen molar-refractivity contribution in [2.45, 2.75) is 0 Å². The molecule has 0 spiro atoms. The van der Waals surface area contributed by atoms with Gasteiger partial charge in [-0.15, -0.1) is 0 Å². The van der Waals surface area contributed by atoms with E-state index >= 15 is 0 Å². The van der Waals surface area contributed by atoms with Crippen LogP contribution in [0.3, 0.4) is 0 Å². The van der Waals surface area contributed by atoms with Crippen LogP contribution in [0.15, 0.2) is 53.4 Å². The van der Waals surface area contributed by atoms with E-state index in [-0.39, 0.29) is 0 Å². The Labute approximate surface area is 101 Å². The Hall–Kier alpha value is -1.68. The average Bonchev–Trinajstić information content (AvgIpc) is 2.72. The van der Waals surface area contributed by atoms with Crippen LogP contribution in [-0.2, 0) is 0 Å². The van der Waals surface area contributed by atoms with Crippen LogP contribution >= 0.6 is 15.9 Å². The van der Waals surface area contributed by atoms with Crippen LogP contribution in [0.2, 0.25) is 0 Å². The van der Waals surface area contributed by atoms with Gasteiger partial charge in [-0.3, -0.25) is 4.57 Å². The predicted octanol–water partition coefficient (Wildman–Crippen LogP) is 3.18. The Balaban J connectivity index is 2.26. The van der Waals surface area contributed by atoms with Gasteiger partial charge < -0.3 is 0 Å². The molecule has 78 valence electrons. The lowest BCUT2D eigenvalue weighted by atomic mass is 10.3. The number of rotatable bonds is 1. The van der Waals surface area contributed by atoms with Crippen molar-refractivity contribution >= 4 is 27.1 Å². The molecule has 0 aliphatic carbocycles. The molecule has 3 aromatic rings. The molecule has 0 saturated carbocycles. The van der Waals surface area contributed by atoms with Gasteiger partial charge in [-0.25, -0.2) is 9.97 Å². The molecule has 0 atom stereocenters. The zero-order valence-corrected chi connectivity index (χ0v) is 9.92. The topological polar surface area (TPSA) is 30.7 Å². The lowest BCUT2D eigenvalue weighted by Gasteiger charge is -2.03. The Bertz CT molecular complexity index is 645. The fourth-order valence-corrected chi connectivity index (χ4v) is 2.05. The normalized spacial score (nSPS) is 10.8. The van der Waals surface area contributed by atoms with Crippen LogP contribution in [-0.4, -0.2) is 14.5 Å². The van der Waals surface area contributed by atoms with Gasteiger partial charge in [-0.2, -0.15) is 0 Å². The minimum absolute atomic E-state index is 0.876. The molecule has 2 heterocycles. The van der Waals surface area contributed by atoms with Gasteiger partial charge in [-0.05, 0) is 30.3 Å². The van der Waals surface area contributed by atoms with E-state index in [1.807, 2.05) is 41.0 Å². The summed E-state index contributed by atoms with van der Waals surface area (Å²) < 4.78 is 3.02. The summed E-state index contributed by atoms with van der Waals surface area (Å²) in [6, 6.07) is 11.9. The lowest BCUT2D eigenvalue weighted by Crippen LogP contribution is -1.92. The highest BCUT2D eigenvalue weighted by Gasteiger charge is 2.04. The van der Waals surface area contributed by atoms with Gasteiger partial charge >= 0.3 is 0 Å². The second kappa shape index (κ2) is 3.72. The van der Waals surface area contributed by atoms with Crippen LogP contribution in [0.1, 0.15) is 0 Å². The first-order valence-corrected chi connectivity index (χ1v) is 5.68. The minimum atomic E-state index is 0.876. The highest BCUT2D eigenvalue weighted by molar-refractivity contribution is 9.10. The Morgan fingerprint density at radius 3 is 2.88 bits per heavy atom. The maximum atomic E-state index is 4.33. The van der Waals surface area contributed by atoms with Crippen molar-refractivity contribution in [3.63, 3.8) is 0 Å². The van der Waals surface area contributed by atoms with E-state index in [0.29, 0.717) is 0 Å². The first kappa shape index (κ1) is 9.54. The second-order valence-corrected chi connectivity index (χ2v) is 4.36. The maximum Gasteiger partial charge on any atom is 0.164 e. The maximum absolute atomic E-state index is 4.33. The zero-order valence-electron chi connectivity index (χ0n) is 8.34. The summed E-state index contributed by atoms with van der Waals surface area (Å²) >= 11 is 3.46. The molecule has 1 aromatic carbocycles. The molecule has 3 rings (SSSR count). The van der Waals surface area contributed by atoms with E-state index in [9.17, 15) is 0 Å². The van der Waals surface area contributed by atoms with Crippen LogP contribution in [0.4, 0.5) is 0 Å². The van der Waals surface area contributed by atoms with Crippen molar-refractivity contribution in [1.82, 2.24) is 14.5 Å².